The van der Waals surface area contributed by atoms with E-state index in [-0.39, 0.29) is 12.4 Å². The fourth-order valence-electron chi connectivity index (χ4n) is 0.913. The number of ether oxygens (including phenoxy) is 1. The van der Waals surface area contributed by atoms with Crippen molar-refractivity contribution >= 4 is 14.0 Å². The summed E-state index contributed by atoms with van der Waals surface area (Å²) >= 11 is 0. The van der Waals surface area contributed by atoms with Crippen LogP contribution in [0.1, 0.15) is 19.8 Å². The van der Waals surface area contributed by atoms with E-state index in [2.05, 4.69) is 37.7 Å². The fraction of sp³-hybridized carbons (Fsp3) is 0.583. The Bertz CT molecular complexity index is 289. The number of hydrogen-bond donors (Lipinski definition) is 0. The van der Waals surface area contributed by atoms with Gasteiger partial charge in [-0.05, 0) is 6.92 Å². The Morgan fingerprint density at radius 3 is 2.47 bits per heavy atom. The summed E-state index contributed by atoms with van der Waals surface area (Å²) in [5, 5.41) is 0. The smallest absolute Gasteiger partial charge is 0.309 e. The highest BCUT2D eigenvalue weighted by Crippen LogP contribution is 2.05. The third kappa shape index (κ3) is 9.29. The van der Waals surface area contributed by atoms with E-state index in [4.69, 9.17) is 4.74 Å². The molecular weight excluding hydrogens is 204 g/mol. The molecule has 0 aliphatic rings. The molecule has 0 radical (unpaired) electrons. The Morgan fingerprint density at radius 2 is 2.00 bits per heavy atom. The highest BCUT2D eigenvalue weighted by Gasteiger charge is 2.08. The molecule has 0 aliphatic heterocycles. The zero-order valence-corrected chi connectivity index (χ0v) is 11.1. The second-order valence-corrected chi connectivity index (χ2v) is 9.21. The molecule has 0 heterocycles. The number of carbonyl (C=O) groups excluding carboxylic acids is 1. The lowest BCUT2D eigenvalue weighted by Crippen LogP contribution is -2.16. The average molecular weight is 224 g/mol. The molecule has 0 rings (SSSR count). The molecule has 15 heavy (non-hydrogen) atoms. The molecule has 0 aromatic heterocycles. The molecule has 0 saturated heterocycles. The normalized spacial score (nSPS) is 10.1. The minimum absolute atomic E-state index is 0.211. The van der Waals surface area contributed by atoms with Gasteiger partial charge >= 0.3 is 5.97 Å². The molecule has 0 atom stereocenters. The van der Waals surface area contributed by atoms with Crippen LogP contribution in [0.25, 0.3) is 0 Å². The van der Waals surface area contributed by atoms with E-state index < -0.39 is 8.07 Å². The van der Waals surface area contributed by atoms with E-state index in [9.17, 15) is 4.79 Å². The fourth-order valence-corrected chi connectivity index (χ4v) is 1.53. The van der Waals surface area contributed by atoms with Gasteiger partial charge in [0.25, 0.3) is 0 Å². The Kier molecular flexibility index (Phi) is 6.03. The molecule has 0 unspecified atom stereocenters. The van der Waals surface area contributed by atoms with Gasteiger partial charge in [-0.25, -0.2) is 0 Å². The molecule has 0 aromatic carbocycles. The maximum absolute atomic E-state index is 11.1. The molecule has 84 valence electrons. The van der Waals surface area contributed by atoms with E-state index in [1.165, 1.54) is 0 Å². The first-order valence-corrected chi connectivity index (χ1v) is 8.67. The first kappa shape index (κ1) is 14.0. The molecule has 3 heteroatoms. The predicted octanol–water partition coefficient (Wildman–Crippen LogP) is 2.77. The third-order valence-corrected chi connectivity index (χ3v) is 2.43. The average Bonchev–Trinajstić information content (AvgIpc) is 2.01. The van der Waals surface area contributed by atoms with E-state index in [0.29, 0.717) is 13.0 Å². The van der Waals surface area contributed by atoms with Gasteiger partial charge in [-0.15, -0.1) is 11.5 Å². The van der Waals surface area contributed by atoms with Gasteiger partial charge in [0.2, 0.25) is 0 Å². The van der Waals surface area contributed by atoms with Crippen LogP contribution in [0.15, 0.2) is 12.2 Å². The molecule has 2 nitrogen and oxygen atoms in total. The van der Waals surface area contributed by atoms with Crippen molar-refractivity contribution in [2.24, 2.45) is 0 Å². The van der Waals surface area contributed by atoms with Crippen molar-refractivity contribution in [3.05, 3.63) is 12.2 Å². The van der Waals surface area contributed by atoms with Crippen LogP contribution in [0.2, 0.25) is 19.6 Å². The van der Waals surface area contributed by atoms with Crippen LogP contribution in [0, 0.1) is 11.5 Å². The lowest BCUT2D eigenvalue weighted by molar-refractivity contribution is -0.142. The van der Waals surface area contributed by atoms with Crippen LogP contribution in [0.3, 0.4) is 0 Å². The highest BCUT2D eigenvalue weighted by molar-refractivity contribution is 6.83. The molecule has 0 saturated carbocycles. The zero-order chi connectivity index (χ0) is 11.9. The van der Waals surface area contributed by atoms with Crippen molar-refractivity contribution in [3.63, 3.8) is 0 Å². The first-order valence-electron chi connectivity index (χ1n) is 5.17. The van der Waals surface area contributed by atoms with E-state index >= 15 is 0 Å². The standard InChI is InChI=1S/C12H20O2Si/c1-6-14-12(13)10-11(2)8-7-9-15(3,4)5/h2,6,8,10H2,1,3-5H3. The maximum atomic E-state index is 11.1. The third-order valence-electron chi connectivity index (χ3n) is 1.50. The molecule has 0 N–H and O–H groups in total. The Hall–Kier alpha value is -1.01. The van der Waals surface area contributed by atoms with Gasteiger partial charge in [0, 0.05) is 6.42 Å². The van der Waals surface area contributed by atoms with Crippen LogP contribution in [-0.4, -0.2) is 20.7 Å². The van der Waals surface area contributed by atoms with Gasteiger partial charge in [0.15, 0.2) is 0 Å². The van der Waals surface area contributed by atoms with Crippen LogP contribution < -0.4 is 0 Å². The summed E-state index contributed by atoms with van der Waals surface area (Å²) in [5.74, 6) is 2.87. The van der Waals surface area contributed by atoms with E-state index in [1.54, 1.807) is 6.92 Å². The lowest BCUT2D eigenvalue weighted by atomic mass is 10.1. The summed E-state index contributed by atoms with van der Waals surface area (Å²) in [5.41, 5.74) is 4.07. The predicted molar refractivity (Wildman–Crippen MR) is 66.1 cm³/mol. The summed E-state index contributed by atoms with van der Waals surface area (Å²) in [6, 6.07) is 0. The number of carbonyl (C=O) groups is 1. The number of hydrogen-bond acceptors (Lipinski definition) is 2. The first-order chi connectivity index (χ1) is 6.85. The Morgan fingerprint density at radius 1 is 1.40 bits per heavy atom. The van der Waals surface area contributed by atoms with E-state index in [0.717, 1.165) is 5.57 Å². The van der Waals surface area contributed by atoms with Crippen molar-refractivity contribution in [2.45, 2.75) is 39.4 Å². The van der Waals surface area contributed by atoms with Crippen molar-refractivity contribution in [3.8, 4) is 11.5 Å². The second-order valence-electron chi connectivity index (χ2n) is 4.46. The summed E-state index contributed by atoms with van der Waals surface area (Å²) in [4.78, 5) is 11.1. The molecule has 0 bridgehead atoms. The Labute approximate surface area is 93.7 Å². The number of esters is 1. The van der Waals surface area contributed by atoms with Crippen molar-refractivity contribution < 1.29 is 9.53 Å². The minimum Gasteiger partial charge on any atom is -0.466 e. The van der Waals surface area contributed by atoms with Gasteiger partial charge < -0.3 is 4.74 Å². The summed E-state index contributed by atoms with van der Waals surface area (Å²) in [7, 11) is -1.30. The summed E-state index contributed by atoms with van der Waals surface area (Å²) in [6.07, 6.45) is 0.886. The van der Waals surface area contributed by atoms with Gasteiger partial charge in [-0.2, -0.15) is 0 Å². The topological polar surface area (TPSA) is 26.3 Å². The van der Waals surface area contributed by atoms with Gasteiger partial charge in [-0.1, -0.05) is 31.8 Å². The molecule has 0 spiro atoms. The van der Waals surface area contributed by atoms with Crippen molar-refractivity contribution in [1.82, 2.24) is 0 Å². The number of rotatable bonds is 4. The van der Waals surface area contributed by atoms with Crippen molar-refractivity contribution in [1.29, 1.82) is 0 Å². The van der Waals surface area contributed by atoms with Crippen molar-refractivity contribution in [2.75, 3.05) is 6.61 Å². The molecule has 0 aliphatic carbocycles. The minimum atomic E-state index is -1.30. The van der Waals surface area contributed by atoms with Gasteiger partial charge in [0.1, 0.15) is 8.07 Å². The van der Waals surface area contributed by atoms with Gasteiger partial charge in [0.05, 0.1) is 13.0 Å². The zero-order valence-electron chi connectivity index (χ0n) is 10.1. The van der Waals surface area contributed by atoms with Gasteiger partial charge in [-0.3, -0.25) is 4.79 Å². The summed E-state index contributed by atoms with van der Waals surface area (Å²) < 4.78 is 4.82. The van der Waals surface area contributed by atoms with Crippen LogP contribution in [-0.2, 0) is 9.53 Å². The van der Waals surface area contributed by atoms with Crippen LogP contribution in [0.4, 0.5) is 0 Å². The Balaban J connectivity index is 3.94. The molecule has 0 aromatic rings. The molecule has 0 amide bonds. The quantitative estimate of drug-likeness (QED) is 0.318. The van der Waals surface area contributed by atoms with E-state index in [1.807, 2.05) is 0 Å². The monoisotopic (exact) mass is 224 g/mol. The summed E-state index contributed by atoms with van der Waals surface area (Å²) in [6.45, 7) is 12.6. The second kappa shape index (κ2) is 6.47. The lowest BCUT2D eigenvalue weighted by Gasteiger charge is -2.04. The molecule has 0 fully saturated rings. The van der Waals surface area contributed by atoms with Crippen LogP contribution >= 0.6 is 0 Å². The highest BCUT2D eigenvalue weighted by atomic mass is 28.3. The maximum Gasteiger partial charge on any atom is 0.309 e. The van der Waals surface area contributed by atoms with Crippen LogP contribution in [0.5, 0.6) is 0 Å². The molecular formula is C12H20O2Si. The largest absolute Gasteiger partial charge is 0.466 e. The SMILES string of the molecule is C=C(CC#C[Si](C)(C)C)CC(=O)OCC.